The van der Waals surface area contributed by atoms with Gasteiger partial charge >= 0.3 is 0 Å². The van der Waals surface area contributed by atoms with Gasteiger partial charge < -0.3 is 4.52 Å². The monoisotopic (exact) mass is 206 g/mol. The minimum atomic E-state index is -1.69. The van der Waals surface area contributed by atoms with Crippen LogP contribution in [-0.4, -0.2) is 12.8 Å². The molecule has 1 atom stereocenters. The molecule has 0 aromatic carbocycles. The average molecular weight is 206 g/mol. The van der Waals surface area contributed by atoms with E-state index in [0.717, 1.165) is 25.4 Å². The highest BCUT2D eigenvalue weighted by Crippen LogP contribution is 2.23. The van der Waals surface area contributed by atoms with E-state index in [9.17, 15) is 4.57 Å². The van der Waals surface area contributed by atoms with Gasteiger partial charge in [-0.3, -0.25) is 4.57 Å². The quantitative estimate of drug-likeness (QED) is 0.423. The standard InChI is InChI=1S/C10H23O2P/c1-3-5-7-8-9-12-13(11)10-6-4-2/h13H,3-10H2,1-2H3. The van der Waals surface area contributed by atoms with Gasteiger partial charge in [0.15, 0.2) is 8.03 Å². The summed E-state index contributed by atoms with van der Waals surface area (Å²) in [7, 11) is -1.69. The zero-order valence-electron chi connectivity index (χ0n) is 8.97. The first-order chi connectivity index (χ1) is 6.31. The minimum Gasteiger partial charge on any atom is -0.330 e. The molecule has 0 saturated carbocycles. The van der Waals surface area contributed by atoms with Gasteiger partial charge in [-0.1, -0.05) is 39.5 Å². The first-order valence-electron chi connectivity index (χ1n) is 5.46. The largest absolute Gasteiger partial charge is 0.330 e. The van der Waals surface area contributed by atoms with Crippen molar-refractivity contribution in [1.29, 1.82) is 0 Å². The lowest BCUT2D eigenvalue weighted by Crippen LogP contribution is -1.89. The molecule has 3 heteroatoms. The fourth-order valence-corrected chi connectivity index (χ4v) is 2.27. The Morgan fingerprint density at radius 3 is 2.31 bits per heavy atom. The normalized spacial score (nSPS) is 13.1. The minimum absolute atomic E-state index is 0.696. The average Bonchev–Trinajstić information content (AvgIpc) is 2.14. The van der Waals surface area contributed by atoms with Crippen molar-refractivity contribution in [1.82, 2.24) is 0 Å². The van der Waals surface area contributed by atoms with Crippen LogP contribution < -0.4 is 0 Å². The molecule has 0 bridgehead atoms. The summed E-state index contributed by atoms with van der Waals surface area (Å²) in [6.07, 6.45) is 7.69. The van der Waals surface area contributed by atoms with Gasteiger partial charge in [-0.05, 0) is 12.8 Å². The third-order valence-corrected chi connectivity index (χ3v) is 3.28. The van der Waals surface area contributed by atoms with Gasteiger partial charge in [0.05, 0.1) is 6.61 Å². The highest BCUT2D eigenvalue weighted by molar-refractivity contribution is 7.39. The summed E-state index contributed by atoms with van der Waals surface area (Å²) in [6.45, 7) is 4.99. The summed E-state index contributed by atoms with van der Waals surface area (Å²) in [5.41, 5.74) is 0. The molecule has 0 radical (unpaired) electrons. The smallest absolute Gasteiger partial charge is 0.191 e. The molecule has 0 aliphatic carbocycles. The maximum atomic E-state index is 11.2. The van der Waals surface area contributed by atoms with Crippen LogP contribution in [0.2, 0.25) is 0 Å². The van der Waals surface area contributed by atoms with Gasteiger partial charge in [0, 0.05) is 6.16 Å². The van der Waals surface area contributed by atoms with Crippen LogP contribution >= 0.6 is 8.03 Å². The lowest BCUT2D eigenvalue weighted by molar-refractivity contribution is 0.316. The van der Waals surface area contributed by atoms with Crippen molar-refractivity contribution in [2.24, 2.45) is 0 Å². The summed E-state index contributed by atoms with van der Waals surface area (Å²) in [5, 5.41) is 0. The molecule has 13 heavy (non-hydrogen) atoms. The number of unbranched alkanes of at least 4 members (excludes halogenated alkanes) is 4. The van der Waals surface area contributed by atoms with Crippen LogP contribution in [0, 0.1) is 0 Å². The molecular weight excluding hydrogens is 183 g/mol. The molecule has 80 valence electrons. The SMILES string of the molecule is CCCCCCO[PH](=O)CCCC. The Labute approximate surface area is 82.9 Å². The summed E-state index contributed by atoms with van der Waals surface area (Å²) < 4.78 is 16.4. The van der Waals surface area contributed by atoms with E-state index in [1.54, 1.807) is 0 Å². The molecule has 0 fully saturated rings. The maximum absolute atomic E-state index is 11.2. The van der Waals surface area contributed by atoms with Crippen LogP contribution in [-0.2, 0) is 9.09 Å². The Hall–Kier alpha value is 0.190. The van der Waals surface area contributed by atoms with E-state index in [1.165, 1.54) is 19.3 Å². The zero-order valence-corrected chi connectivity index (χ0v) is 9.97. The molecule has 0 amide bonds. The van der Waals surface area contributed by atoms with E-state index in [1.807, 2.05) is 0 Å². The van der Waals surface area contributed by atoms with Gasteiger partial charge in [-0.15, -0.1) is 0 Å². The summed E-state index contributed by atoms with van der Waals surface area (Å²) in [6, 6.07) is 0. The van der Waals surface area contributed by atoms with Crippen LogP contribution in [0.25, 0.3) is 0 Å². The first kappa shape index (κ1) is 13.2. The fraction of sp³-hybridized carbons (Fsp3) is 1.00. The lowest BCUT2D eigenvalue weighted by Gasteiger charge is -2.02. The molecule has 1 unspecified atom stereocenters. The fourth-order valence-electron chi connectivity index (χ4n) is 1.11. The summed E-state index contributed by atoms with van der Waals surface area (Å²) in [4.78, 5) is 0. The van der Waals surface area contributed by atoms with E-state index in [-0.39, 0.29) is 0 Å². The molecule has 0 N–H and O–H groups in total. The molecule has 0 aromatic rings. The number of rotatable bonds is 9. The second kappa shape index (κ2) is 10.3. The van der Waals surface area contributed by atoms with Crippen LogP contribution in [0.3, 0.4) is 0 Å². The van der Waals surface area contributed by atoms with Gasteiger partial charge in [-0.25, -0.2) is 0 Å². The van der Waals surface area contributed by atoms with Crippen molar-refractivity contribution < 1.29 is 9.09 Å². The van der Waals surface area contributed by atoms with E-state index in [2.05, 4.69) is 13.8 Å². The van der Waals surface area contributed by atoms with E-state index >= 15 is 0 Å². The van der Waals surface area contributed by atoms with Gasteiger partial charge in [0.25, 0.3) is 0 Å². The first-order valence-corrected chi connectivity index (χ1v) is 6.99. The van der Waals surface area contributed by atoms with Crippen molar-refractivity contribution in [2.45, 2.75) is 52.4 Å². The summed E-state index contributed by atoms with van der Waals surface area (Å²) in [5.74, 6) is 0. The third-order valence-electron chi connectivity index (χ3n) is 2.00. The van der Waals surface area contributed by atoms with Crippen LogP contribution in [0.15, 0.2) is 0 Å². The molecule has 0 aromatic heterocycles. The predicted octanol–water partition coefficient (Wildman–Crippen LogP) is 3.86. The second-order valence-corrected chi connectivity index (χ2v) is 4.92. The van der Waals surface area contributed by atoms with E-state index in [0.29, 0.717) is 6.61 Å². The Morgan fingerprint density at radius 2 is 1.69 bits per heavy atom. The predicted molar refractivity (Wildman–Crippen MR) is 58.9 cm³/mol. The highest BCUT2D eigenvalue weighted by Gasteiger charge is 1.97. The molecule has 2 nitrogen and oxygen atoms in total. The lowest BCUT2D eigenvalue weighted by atomic mass is 10.2. The van der Waals surface area contributed by atoms with Crippen molar-refractivity contribution in [3.63, 3.8) is 0 Å². The Morgan fingerprint density at radius 1 is 1.00 bits per heavy atom. The van der Waals surface area contributed by atoms with Crippen molar-refractivity contribution in [3.8, 4) is 0 Å². The maximum Gasteiger partial charge on any atom is 0.191 e. The molecule has 0 spiro atoms. The van der Waals surface area contributed by atoms with Crippen molar-refractivity contribution in [3.05, 3.63) is 0 Å². The molecule has 0 heterocycles. The number of hydrogen-bond acceptors (Lipinski definition) is 2. The topological polar surface area (TPSA) is 26.3 Å². The third kappa shape index (κ3) is 10.1. The van der Waals surface area contributed by atoms with Gasteiger partial charge in [-0.2, -0.15) is 0 Å². The van der Waals surface area contributed by atoms with Crippen LogP contribution in [0.5, 0.6) is 0 Å². The molecular formula is C10H23O2P. The molecule has 0 aliphatic rings. The van der Waals surface area contributed by atoms with Crippen molar-refractivity contribution in [2.75, 3.05) is 12.8 Å². The van der Waals surface area contributed by atoms with Crippen LogP contribution in [0.4, 0.5) is 0 Å². The van der Waals surface area contributed by atoms with E-state index < -0.39 is 8.03 Å². The highest BCUT2D eigenvalue weighted by atomic mass is 31.1. The molecule has 0 rings (SSSR count). The second-order valence-electron chi connectivity index (χ2n) is 3.38. The van der Waals surface area contributed by atoms with Gasteiger partial charge in [0.1, 0.15) is 0 Å². The zero-order chi connectivity index (χ0) is 9.94. The number of hydrogen-bond donors (Lipinski definition) is 0. The van der Waals surface area contributed by atoms with E-state index in [4.69, 9.17) is 4.52 Å². The van der Waals surface area contributed by atoms with Gasteiger partial charge in [0.2, 0.25) is 0 Å². The Kier molecular flexibility index (Phi) is 10.4. The Bertz CT molecular complexity index is 126. The molecule has 0 saturated heterocycles. The van der Waals surface area contributed by atoms with Crippen molar-refractivity contribution >= 4 is 8.03 Å². The molecule has 0 aliphatic heterocycles. The summed E-state index contributed by atoms with van der Waals surface area (Å²) >= 11 is 0. The Balaban J connectivity index is 3.08. The van der Waals surface area contributed by atoms with Crippen LogP contribution in [0.1, 0.15) is 52.4 Å².